The second-order valence-corrected chi connectivity index (χ2v) is 3.39. The first-order chi connectivity index (χ1) is 7.79. The summed E-state index contributed by atoms with van der Waals surface area (Å²) in [7, 11) is 0. The Hall–Kier alpha value is -2.43. The smallest absolute Gasteiger partial charge is 0.267 e. The second kappa shape index (κ2) is 3.03. The first-order valence-electron chi connectivity index (χ1n) is 4.77. The van der Waals surface area contributed by atoms with Gasteiger partial charge in [-0.15, -0.1) is 0 Å². The fraction of sp³-hybridized carbons (Fsp3) is 0. The van der Waals surface area contributed by atoms with Crippen LogP contribution in [0.2, 0.25) is 0 Å². The number of carbonyl (C=O) groups is 2. The van der Waals surface area contributed by atoms with E-state index in [-0.39, 0.29) is 11.8 Å². The van der Waals surface area contributed by atoms with Gasteiger partial charge >= 0.3 is 0 Å². The molecule has 2 aromatic rings. The SMILES string of the molecule is O=C1c2ccccc2C(=O)N1n1cccn1. The zero-order valence-corrected chi connectivity index (χ0v) is 8.20. The molecule has 0 aliphatic carbocycles. The summed E-state index contributed by atoms with van der Waals surface area (Å²) in [5, 5.41) is 4.90. The van der Waals surface area contributed by atoms with Crippen molar-refractivity contribution in [1.82, 2.24) is 9.89 Å². The van der Waals surface area contributed by atoms with E-state index in [4.69, 9.17) is 0 Å². The zero-order chi connectivity index (χ0) is 11.1. The van der Waals surface area contributed by atoms with Crippen molar-refractivity contribution in [3.8, 4) is 0 Å². The predicted molar refractivity (Wildman–Crippen MR) is 55.5 cm³/mol. The van der Waals surface area contributed by atoms with E-state index in [1.54, 1.807) is 36.5 Å². The van der Waals surface area contributed by atoms with E-state index in [0.29, 0.717) is 11.1 Å². The van der Waals surface area contributed by atoms with E-state index in [0.717, 1.165) is 5.01 Å². The summed E-state index contributed by atoms with van der Waals surface area (Å²) in [6, 6.07) is 8.40. The molecule has 16 heavy (non-hydrogen) atoms. The van der Waals surface area contributed by atoms with Crippen LogP contribution in [0.3, 0.4) is 0 Å². The third-order valence-electron chi connectivity index (χ3n) is 2.47. The minimum atomic E-state index is -0.343. The molecule has 0 fully saturated rings. The molecule has 5 heteroatoms. The molecule has 2 heterocycles. The van der Waals surface area contributed by atoms with Crippen LogP contribution in [0.5, 0.6) is 0 Å². The van der Waals surface area contributed by atoms with Crippen LogP contribution in [0.15, 0.2) is 42.7 Å². The van der Waals surface area contributed by atoms with Crippen LogP contribution in [0.4, 0.5) is 0 Å². The van der Waals surface area contributed by atoms with Crippen molar-refractivity contribution in [2.45, 2.75) is 0 Å². The van der Waals surface area contributed by atoms with Gasteiger partial charge in [0.25, 0.3) is 11.8 Å². The van der Waals surface area contributed by atoms with Crippen molar-refractivity contribution >= 4 is 11.8 Å². The van der Waals surface area contributed by atoms with Gasteiger partial charge in [-0.1, -0.05) is 12.1 Å². The van der Waals surface area contributed by atoms with Crippen molar-refractivity contribution in [3.63, 3.8) is 0 Å². The molecule has 0 bridgehead atoms. The van der Waals surface area contributed by atoms with Gasteiger partial charge in [-0.2, -0.15) is 14.9 Å². The lowest BCUT2D eigenvalue weighted by molar-refractivity contribution is 0.0879. The number of imide groups is 1. The molecular formula is C11H7N3O2. The van der Waals surface area contributed by atoms with Crippen molar-refractivity contribution in [2.75, 3.05) is 5.01 Å². The average molecular weight is 213 g/mol. The van der Waals surface area contributed by atoms with E-state index in [9.17, 15) is 9.59 Å². The molecular weight excluding hydrogens is 206 g/mol. The standard InChI is InChI=1S/C11H7N3O2/c15-10-8-4-1-2-5-9(8)11(16)14(10)13-7-3-6-12-13/h1-7H. The molecule has 1 aromatic carbocycles. The number of hydrogen-bond donors (Lipinski definition) is 0. The highest BCUT2D eigenvalue weighted by Crippen LogP contribution is 2.20. The number of benzene rings is 1. The van der Waals surface area contributed by atoms with Gasteiger partial charge in [-0.25, -0.2) is 0 Å². The Balaban J connectivity index is 2.15. The monoisotopic (exact) mass is 213 g/mol. The minimum Gasteiger partial charge on any atom is -0.267 e. The van der Waals surface area contributed by atoms with Crippen LogP contribution in [0.25, 0.3) is 0 Å². The molecule has 1 aliphatic heterocycles. The topological polar surface area (TPSA) is 55.2 Å². The third kappa shape index (κ3) is 1.02. The summed E-state index contributed by atoms with van der Waals surface area (Å²) in [5.74, 6) is -0.686. The van der Waals surface area contributed by atoms with E-state index >= 15 is 0 Å². The fourth-order valence-corrected chi connectivity index (χ4v) is 1.74. The molecule has 2 amide bonds. The molecule has 0 spiro atoms. The average Bonchev–Trinajstić information content (AvgIpc) is 2.89. The Labute approximate surface area is 90.9 Å². The van der Waals surface area contributed by atoms with E-state index < -0.39 is 0 Å². The van der Waals surface area contributed by atoms with Crippen LogP contribution >= 0.6 is 0 Å². The minimum absolute atomic E-state index is 0.343. The van der Waals surface area contributed by atoms with Crippen LogP contribution in [-0.2, 0) is 0 Å². The van der Waals surface area contributed by atoms with Gasteiger partial charge in [0, 0.05) is 6.20 Å². The third-order valence-corrected chi connectivity index (χ3v) is 2.47. The number of amides is 2. The van der Waals surface area contributed by atoms with Crippen molar-refractivity contribution in [2.24, 2.45) is 0 Å². The summed E-state index contributed by atoms with van der Waals surface area (Å²) in [6.07, 6.45) is 3.07. The van der Waals surface area contributed by atoms with Gasteiger partial charge < -0.3 is 0 Å². The maximum absolute atomic E-state index is 11.9. The summed E-state index contributed by atoms with van der Waals surface area (Å²) >= 11 is 0. The molecule has 1 aliphatic rings. The molecule has 0 saturated heterocycles. The van der Waals surface area contributed by atoms with E-state index in [2.05, 4.69) is 5.10 Å². The molecule has 5 nitrogen and oxygen atoms in total. The number of fused-ring (bicyclic) bond motifs is 1. The molecule has 0 N–H and O–H groups in total. The molecule has 0 saturated carbocycles. The zero-order valence-electron chi connectivity index (χ0n) is 8.20. The van der Waals surface area contributed by atoms with Gasteiger partial charge in [-0.3, -0.25) is 9.59 Å². The molecule has 0 unspecified atom stereocenters. The van der Waals surface area contributed by atoms with Gasteiger partial charge in [-0.05, 0) is 18.2 Å². The fourth-order valence-electron chi connectivity index (χ4n) is 1.74. The van der Waals surface area contributed by atoms with Gasteiger partial charge in [0.05, 0.1) is 17.3 Å². The summed E-state index contributed by atoms with van der Waals surface area (Å²) in [4.78, 5) is 25.1. The maximum atomic E-state index is 11.9. The summed E-state index contributed by atoms with van der Waals surface area (Å²) in [5.41, 5.74) is 0.839. The lowest BCUT2D eigenvalue weighted by Crippen LogP contribution is -2.40. The van der Waals surface area contributed by atoms with Gasteiger partial charge in [0.2, 0.25) is 0 Å². The number of rotatable bonds is 1. The quantitative estimate of drug-likeness (QED) is 0.659. The predicted octanol–water partition coefficient (Wildman–Crippen LogP) is 0.815. The number of hydrogen-bond acceptors (Lipinski definition) is 3. The molecule has 0 radical (unpaired) electrons. The first-order valence-corrected chi connectivity index (χ1v) is 4.77. The highest BCUT2D eigenvalue weighted by molar-refractivity contribution is 6.30. The van der Waals surface area contributed by atoms with Crippen molar-refractivity contribution in [3.05, 3.63) is 53.9 Å². The van der Waals surface area contributed by atoms with Crippen LogP contribution in [0, 0.1) is 0 Å². The van der Waals surface area contributed by atoms with Crippen LogP contribution < -0.4 is 5.01 Å². The number of carbonyl (C=O) groups excluding carboxylic acids is 2. The van der Waals surface area contributed by atoms with Crippen molar-refractivity contribution in [1.29, 1.82) is 0 Å². The van der Waals surface area contributed by atoms with Crippen molar-refractivity contribution < 1.29 is 9.59 Å². The highest BCUT2D eigenvalue weighted by Gasteiger charge is 2.36. The first kappa shape index (κ1) is 8.84. The molecule has 3 rings (SSSR count). The Bertz CT molecular complexity index is 540. The van der Waals surface area contributed by atoms with Gasteiger partial charge in [0.1, 0.15) is 0 Å². The maximum Gasteiger partial charge on any atom is 0.282 e. The second-order valence-electron chi connectivity index (χ2n) is 3.39. The normalized spacial score (nSPS) is 14.4. The van der Waals surface area contributed by atoms with Gasteiger partial charge in [0.15, 0.2) is 0 Å². The molecule has 78 valence electrons. The number of nitrogens with zero attached hydrogens (tertiary/aromatic N) is 3. The highest BCUT2D eigenvalue weighted by atomic mass is 16.2. The molecule has 0 atom stereocenters. The van der Waals surface area contributed by atoms with E-state index in [1.165, 1.54) is 11.0 Å². The van der Waals surface area contributed by atoms with E-state index in [1.807, 2.05) is 0 Å². The number of aromatic nitrogens is 2. The lowest BCUT2D eigenvalue weighted by Gasteiger charge is -2.12. The summed E-state index contributed by atoms with van der Waals surface area (Å²) in [6.45, 7) is 0. The van der Waals surface area contributed by atoms with Crippen LogP contribution in [-0.4, -0.2) is 21.7 Å². The lowest BCUT2D eigenvalue weighted by atomic mass is 10.1. The molecule has 1 aromatic heterocycles. The summed E-state index contributed by atoms with van der Waals surface area (Å²) < 4.78 is 0. The Kier molecular flexibility index (Phi) is 1.67. The Morgan fingerprint density at radius 1 is 0.938 bits per heavy atom. The Morgan fingerprint density at radius 3 is 2.06 bits per heavy atom. The Morgan fingerprint density at radius 2 is 1.56 bits per heavy atom. The largest absolute Gasteiger partial charge is 0.282 e. The van der Waals surface area contributed by atoms with Crippen LogP contribution in [0.1, 0.15) is 20.7 Å².